The molecular weight excluding hydrogens is 336 g/mol. The molecule has 0 saturated heterocycles. The third-order valence-corrected chi connectivity index (χ3v) is 6.67. The average molecular weight is 358 g/mol. The molecule has 1 atom stereocenters. The number of rotatable bonds is 0. The van der Waals surface area contributed by atoms with Gasteiger partial charge in [-0.25, -0.2) is 0 Å². The van der Waals surface area contributed by atoms with E-state index < -0.39 is 0 Å². The molecule has 0 fully saturated rings. The molecule has 0 radical (unpaired) electrons. The topological polar surface area (TPSA) is 0 Å². The van der Waals surface area contributed by atoms with Crippen molar-refractivity contribution in [1.29, 1.82) is 0 Å². The highest BCUT2D eigenvalue weighted by Crippen LogP contribution is 2.59. The monoisotopic (exact) mass is 358 g/mol. The van der Waals surface area contributed by atoms with Crippen molar-refractivity contribution in [2.24, 2.45) is 0 Å². The highest BCUT2D eigenvalue weighted by atomic mass is 14.5. The summed E-state index contributed by atoms with van der Waals surface area (Å²) in [5, 5.41) is 0. The first kappa shape index (κ1) is 15.9. The maximum atomic E-state index is 2.42. The van der Waals surface area contributed by atoms with E-state index in [2.05, 4.69) is 98.8 Å². The number of fused-ring (bicyclic) bond motifs is 9. The van der Waals surface area contributed by atoms with Crippen molar-refractivity contribution in [3.05, 3.63) is 129 Å². The van der Waals surface area contributed by atoms with E-state index in [-0.39, 0.29) is 5.41 Å². The van der Waals surface area contributed by atoms with Crippen LogP contribution in [0.25, 0.3) is 11.1 Å². The summed E-state index contributed by atoms with van der Waals surface area (Å²) in [5.74, 6) is 0. The van der Waals surface area contributed by atoms with Crippen LogP contribution in [-0.2, 0) is 11.8 Å². The molecule has 0 heteroatoms. The van der Waals surface area contributed by atoms with Gasteiger partial charge in [0.15, 0.2) is 0 Å². The Morgan fingerprint density at radius 3 is 2.07 bits per heavy atom. The molecule has 6 rings (SSSR count). The standard InChI is InChI=1S/C28H22/c1-18-12-14-25-21(15-18)17-20-7-3-5-9-24(20)28(25)26-10-6-4-8-22(26)23-13-11-19(2)16-27(23)28/h3-16H,17H2,1-2H3. The molecule has 4 aromatic carbocycles. The predicted octanol–water partition coefficient (Wildman–Crippen LogP) is 6.57. The smallest absolute Gasteiger partial charge is 0.0620 e. The molecule has 1 spiro atoms. The summed E-state index contributed by atoms with van der Waals surface area (Å²) < 4.78 is 0. The van der Waals surface area contributed by atoms with E-state index in [1.54, 1.807) is 0 Å². The molecule has 0 bridgehead atoms. The van der Waals surface area contributed by atoms with E-state index in [0.717, 1.165) is 6.42 Å². The van der Waals surface area contributed by atoms with Crippen molar-refractivity contribution in [1.82, 2.24) is 0 Å². The van der Waals surface area contributed by atoms with Gasteiger partial charge in [-0.3, -0.25) is 0 Å². The Balaban J connectivity index is 1.85. The van der Waals surface area contributed by atoms with Crippen LogP contribution < -0.4 is 0 Å². The minimum Gasteiger partial charge on any atom is -0.0620 e. The van der Waals surface area contributed by atoms with Crippen LogP contribution in [0, 0.1) is 13.8 Å². The van der Waals surface area contributed by atoms with Crippen molar-refractivity contribution in [3.63, 3.8) is 0 Å². The largest absolute Gasteiger partial charge is 0.0719 e. The average Bonchev–Trinajstić information content (AvgIpc) is 2.99. The fourth-order valence-corrected chi connectivity index (χ4v) is 5.60. The van der Waals surface area contributed by atoms with Crippen molar-refractivity contribution in [3.8, 4) is 11.1 Å². The first-order valence-electron chi connectivity index (χ1n) is 10.1. The number of aryl methyl sites for hydroxylation is 2. The molecule has 0 nitrogen and oxygen atoms in total. The summed E-state index contributed by atoms with van der Waals surface area (Å²) in [7, 11) is 0. The van der Waals surface area contributed by atoms with Gasteiger partial charge < -0.3 is 0 Å². The van der Waals surface area contributed by atoms with Gasteiger partial charge in [0.2, 0.25) is 0 Å². The molecule has 0 aliphatic heterocycles. The predicted molar refractivity (Wildman–Crippen MR) is 116 cm³/mol. The molecule has 2 aliphatic carbocycles. The van der Waals surface area contributed by atoms with E-state index >= 15 is 0 Å². The van der Waals surface area contributed by atoms with Gasteiger partial charge in [0, 0.05) is 0 Å². The summed E-state index contributed by atoms with van der Waals surface area (Å²) in [6.07, 6.45) is 1.01. The van der Waals surface area contributed by atoms with Gasteiger partial charge in [0.25, 0.3) is 0 Å². The Labute approximate surface area is 166 Å². The number of hydrogen-bond acceptors (Lipinski definition) is 0. The summed E-state index contributed by atoms with van der Waals surface area (Å²) in [5.41, 5.74) is 13.9. The lowest BCUT2D eigenvalue weighted by Gasteiger charge is -2.40. The molecular formula is C28H22. The van der Waals surface area contributed by atoms with Gasteiger partial charge in [-0.1, -0.05) is 96.1 Å². The number of benzene rings is 4. The normalized spacial score (nSPS) is 18.4. The van der Waals surface area contributed by atoms with Crippen LogP contribution in [0.1, 0.15) is 44.5 Å². The molecule has 28 heavy (non-hydrogen) atoms. The van der Waals surface area contributed by atoms with Crippen molar-refractivity contribution in [2.45, 2.75) is 25.7 Å². The summed E-state index contributed by atoms with van der Waals surface area (Å²) in [6, 6.07) is 32.1. The Morgan fingerprint density at radius 1 is 0.536 bits per heavy atom. The van der Waals surface area contributed by atoms with Crippen LogP contribution in [0.3, 0.4) is 0 Å². The molecule has 0 heterocycles. The zero-order valence-electron chi connectivity index (χ0n) is 16.3. The van der Waals surface area contributed by atoms with Crippen LogP contribution in [-0.4, -0.2) is 0 Å². The zero-order chi connectivity index (χ0) is 18.9. The van der Waals surface area contributed by atoms with Crippen molar-refractivity contribution >= 4 is 0 Å². The highest BCUT2D eigenvalue weighted by Gasteiger charge is 2.49. The highest BCUT2D eigenvalue weighted by molar-refractivity contribution is 5.87. The first-order valence-corrected chi connectivity index (χ1v) is 10.1. The quantitative estimate of drug-likeness (QED) is 0.288. The van der Waals surface area contributed by atoms with Gasteiger partial charge in [0.1, 0.15) is 0 Å². The minimum absolute atomic E-state index is 0.212. The second-order valence-electron chi connectivity index (χ2n) is 8.34. The molecule has 0 aromatic heterocycles. The third kappa shape index (κ3) is 1.85. The maximum absolute atomic E-state index is 2.42. The van der Waals surface area contributed by atoms with E-state index in [1.165, 1.54) is 55.6 Å². The van der Waals surface area contributed by atoms with Crippen LogP contribution in [0.15, 0.2) is 84.9 Å². The summed E-state index contributed by atoms with van der Waals surface area (Å²) in [4.78, 5) is 0. The third-order valence-electron chi connectivity index (χ3n) is 6.67. The fourth-order valence-electron chi connectivity index (χ4n) is 5.60. The van der Waals surface area contributed by atoms with Gasteiger partial charge >= 0.3 is 0 Å². The van der Waals surface area contributed by atoms with Gasteiger partial charge in [0.05, 0.1) is 5.41 Å². The number of hydrogen-bond donors (Lipinski definition) is 0. The fraction of sp³-hybridized carbons (Fsp3) is 0.143. The van der Waals surface area contributed by atoms with Crippen LogP contribution in [0.4, 0.5) is 0 Å². The Morgan fingerprint density at radius 2 is 1.18 bits per heavy atom. The van der Waals surface area contributed by atoms with Gasteiger partial charge in [-0.15, -0.1) is 0 Å². The molecule has 1 unspecified atom stereocenters. The van der Waals surface area contributed by atoms with Crippen LogP contribution in [0.5, 0.6) is 0 Å². The Hall–Kier alpha value is -3.12. The van der Waals surface area contributed by atoms with E-state index in [1.807, 2.05) is 0 Å². The Bertz CT molecular complexity index is 1260. The second kappa shape index (κ2) is 5.45. The summed E-state index contributed by atoms with van der Waals surface area (Å²) >= 11 is 0. The molecule has 0 saturated carbocycles. The Kier molecular flexibility index (Phi) is 3.09. The van der Waals surface area contributed by atoms with E-state index in [4.69, 9.17) is 0 Å². The van der Waals surface area contributed by atoms with Crippen molar-refractivity contribution < 1.29 is 0 Å². The van der Waals surface area contributed by atoms with E-state index in [9.17, 15) is 0 Å². The molecule has 0 amide bonds. The zero-order valence-corrected chi connectivity index (χ0v) is 16.3. The van der Waals surface area contributed by atoms with Crippen molar-refractivity contribution in [2.75, 3.05) is 0 Å². The lowest BCUT2D eigenvalue weighted by Crippen LogP contribution is -2.34. The van der Waals surface area contributed by atoms with Crippen LogP contribution >= 0.6 is 0 Å². The maximum Gasteiger partial charge on any atom is 0.0719 e. The molecule has 0 N–H and O–H groups in total. The second-order valence-corrected chi connectivity index (χ2v) is 8.34. The molecule has 134 valence electrons. The molecule has 4 aromatic rings. The van der Waals surface area contributed by atoms with Gasteiger partial charge in [-0.2, -0.15) is 0 Å². The summed E-state index contributed by atoms with van der Waals surface area (Å²) in [6.45, 7) is 4.41. The SMILES string of the molecule is Cc1ccc2c(c1)Cc1ccccc1C21c2ccccc2-c2ccc(C)cc21. The lowest BCUT2D eigenvalue weighted by atomic mass is 9.61. The first-order chi connectivity index (χ1) is 13.7. The minimum atomic E-state index is -0.212. The van der Waals surface area contributed by atoms with E-state index in [0.29, 0.717) is 0 Å². The van der Waals surface area contributed by atoms with Gasteiger partial charge in [-0.05, 0) is 64.8 Å². The molecule has 2 aliphatic rings. The lowest BCUT2D eigenvalue weighted by molar-refractivity contribution is 0.720. The van der Waals surface area contributed by atoms with Crippen LogP contribution in [0.2, 0.25) is 0 Å².